The van der Waals surface area contributed by atoms with E-state index in [1.165, 1.54) is 18.4 Å². The van der Waals surface area contributed by atoms with Crippen LogP contribution in [0.3, 0.4) is 0 Å². The molecule has 0 radical (unpaired) electrons. The molecule has 2 rings (SSSR count). The fraction of sp³-hybridized carbons (Fsp3) is 0.467. The largest absolute Gasteiger partial charge is 0.394 e. The summed E-state index contributed by atoms with van der Waals surface area (Å²) in [6, 6.07) is 10.8. The molecule has 2 nitrogen and oxygen atoms in total. The number of aliphatic hydroxyl groups excluding tert-OH is 1. The second-order valence-corrected chi connectivity index (χ2v) is 4.65. The first-order valence-electron chi connectivity index (χ1n) is 6.41. The lowest BCUT2D eigenvalue weighted by atomic mass is 9.96. The van der Waals surface area contributed by atoms with Crippen molar-refractivity contribution in [3.8, 4) is 0 Å². The van der Waals surface area contributed by atoms with Crippen molar-refractivity contribution in [3.05, 3.63) is 48.6 Å². The van der Waals surface area contributed by atoms with E-state index in [4.69, 9.17) is 0 Å². The number of aliphatic hydroxyl groups is 1. The number of hydrogen-bond acceptors (Lipinski definition) is 2. The molecule has 0 aliphatic carbocycles. The molecule has 0 aromatic heterocycles. The van der Waals surface area contributed by atoms with Crippen LogP contribution >= 0.6 is 0 Å². The lowest BCUT2D eigenvalue weighted by Crippen LogP contribution is -2.42. The third-order valence-corrected chi connectivity index (χ3v) is 3.62. The van der Waals surface area contributed by atoms with Crippen LogP contribution in [0.4, 0.5) is 0 Å². The summed E-state index contributed by atoms with van der Waals surface area (Å²) in [6.45, 7) is 5.15. The van der Waals surface area contributed by atoms with Crippen molar-refractivity contribution in [1.29, 1.82) is 0 Å². The summed E-state index contributed by atoms with van der Waals surface area (Å²) in [4.78, 5) is 2.38. The first-order chi connectivity index (χ1) is 8.36. The molecule has 0 saturated carbocycles. The minimum Gasteiger partial charge on any atom is -0.394 e. The Hall–Kier alpha value is -1.12. The highest BCUT2D eigenvalue weighted by atomic mass is 16.3. The average molecular weight is 231 g/mol. The molecule has 2 atom stereocenters. The SMILES string of the molecule is C=C[C@H]1CCCCN1[C@@H](CO)c1ccccc1. The van der Waals surface area contributed by atoms with Crippen LogP contribution in [0.2, 0.25) is 0 Å². The van der Waals surface area contributed by atoms with Gasteiger partial charge in [-0.15, -0.1) is 6.58 Å². The summed E-state index contributed by atoms with van der Waals surface area (Å²) in [7, 11) is 0. The summed E-state index contributed by atoms with van der Waals surface area (Å²) < 4.78 is 0. The number of likely N-dealkylation sites (tertiary alicyclic amines) is 1. The zero-order valence-corrected chi connectivity index (χ0v) is 10.3. The van der Waals surface area contributed by atoms with Crippen LogP contribution in [-0.2, 0) is 0 Å². The molecule has 1 heterocycles. The highest BCUT2D eigenvalue weighted by Gasteiger charge is 2.27. The molecule has 17 heavy (non-hydrogen) atoms. The molecular weight excluding hydrogens is 210 g/mol. The molecule has 1 aromatic carbocycles. The van der Waals surface area contributed by atoms with Gasteiger partial charge in [0.2, 0.25) is 0 Å². The maximum Gasteiger partial charge on any atom is 0.0628 e. The Labute approximate surface area is 104 Å². The van der Waals surface area contributed by atoms with Gasteiger partial charge in [0.15, 0.2) is 0 Å². The molecule has 1 aromatic rings. The zero-order chi connectivity index (χ0) is 12.1. The number of hydrogen-bond donors (Lipinski definition) is 1. The normalized spacial score (nSPS) is 23.2. The van der Waals surface area contributed by atoms with Gasteiger partial charge in [-0.3, -0.25) is 4.90 Å². The molecule has 1 fully saturated rings. The van der Waals surface area contributed by atoms with Crippen LogP contribution in [0.15, 0.2) is 43.0 Å². The van der Waals surface area contributed by atoms with Crippen molar-refractivity contribution >= 4 is 0 Å². The highest BCUT2D eigenvalue weighted by molar-refractivity contribution is 5.20. The van der Waals surface area contributed by atoms with Crippen LogP contribution < -0.4 is 0 Å². The quantitative estimate of drug-likeness (QED) is 0.805. The van der Waals surface area contributed by atoms with E-state index in [2.05, 4.69) is 23.6 Å². The maximum absolute atomic E-state index is 9.67. The molecule has 1 aliphatic rings. The van der Waals surface area contributed by atoms with Crippen molar-refractivity contribution in [2.24, 2.45) is 0 Å². The molecule has 92 valence electrons. The molecular formula is C15H21NO. The summed E-state index contributed by atoms with van der Waals surface area (Å²) in [5.74, 6) is 0. The Morgan fingerprint density at radius 3 is 2.76 bits per heavy atom. The third kappa shape index (κ3) is 2.76. The van der Waals surface area contributed by atoms with Crippen LogP contribution in [0.5, 0.6) is 0 Å². The summed E-state index contributed by atoms with van der Waals surface area (Å²) in [5.41, 5.74) is 1.20. The van der Waals surface area contributed by atoms with Crippen molar-refractivity contribution in [2.45, 2.75) is 31.3 Å². The predicted octanol–water partition coefficient (Wildman–Crippen LogP) is 2.76. The Balaban J connectivity index is 2.19. The van der Waals surface area contributed by atoms with Gasteiger partial charge in [-0.05, 0) is 24.9 Å². The minimum atomic E-state index is 0.111. The van der Waals surface area contributed by atoms with Crippen molar-refractivity contribution in [2.75, 3.05) is 13.2 Å². The van der Waals surface area contributed by atoms with Gasteiger partial charge in [-0.2, -0.15) is 0 Å². The molecule has 1 N–H and O–H groups in total. The Bertz CT molecular complexity index is 349. The second kappa shape index (κ2) is 5.99. The van der Waals surface area contributed by atoms with Gasteiger partial charge in [-0.25, -0.2) is 0 Å². The monoisotopic (exact) mass is 231 g/mol. The van der Waals surface area contributed by atoms with E-state index in [1.807, 2.05) is 24.3 Å². The molecule has 0 amide bonds. The van der Waals surface area contributed by atoms with Gasteiger partial charge in [0, 0.05) is 6.04 Å². The second-order valence-electron chi connectivity index (χ2n) is 4.65. The smallest absolute Gasteiger partial charge is 0.0628 e. The van der Waals surface area contributed by atoms with E-state index < -0.39 is 0 Å². The lowest BCUT2D eigenvalue weighted by molar-refractivity contribution is 0.0760. The van der Waals surface area contributed by atoms with E-state index in [-0.39, 0.29) is 12.6 Å². The van der Waals surface area contributed by atoms with Gasteiger partial charge in [0.05, 0.1) is 12.6 Å². The molecule has 1 aliphatic heterocycles. The van der Waals surface area contributed by atoms with E-state index in [1.54, 1.807) is 0 Å². The Kier molecular flexibility index (Phi) is 4.35. The Morgan fingerprint density at radius 1 is 1.35 bits per heavy atom. The van der Waals surface area contributed by atoms with Crippen molar-refractivity contribution < 1.29 is 5.11 Å². The first-order valence-corrected chi connectivity index (χ1v) is 6.41. The molecule has 0 spiro atoms. The van der Waals surface area contributed by atoms with Gasteiger partial charge < -0.3 is 5.11 Å². The average Bonchev–Trinajstić information content (AvgIpc) is 2.41. The van der Waals surface area contributed by atoms with Gasteiger partial charge >= 0.3 is 0 Å². The number of piperidine rings is 1. The number of rotatable bonds is 4. The van der Waals surface area contributed by atoms with Crippen LogP contribution in [-0.4, -0.2) is 29.2 Å². The molecule has 1 saturated heterocycles. The molecule has 2 heteroatoms. The fourth-order valence-corrected chi connectivity index (χ4v) is 2.70. The number of benzene rings is 1. The van der Waals surface area contributed by atoms with Crippen molar-refractivity contribution in [3.63, 3.8) is 0 Å². The Morgan fingerprint density at radius 2 is 2.12 bits per heavy atom. The highest BCUT2D eigenvalue weighted by Crippen LogP contribution is 2.28. The van der Waals surface area contributed by atoms with Crippen molar-refractivity contribution in [1.82, 2.24) is 4.90 Å². The van der Waals surface area contributed by atoms with Gasteiger partial charge in [0.1, 0.15) is 0 Å². The van der Waals surface area contributed by atoms with Crippen LogP contribution in [0.25, 0.3) is 0 Å². The summed E-state index contributed by atoms with van der Waals surface area (Å²) >= 11 is 0. The van der Waals surface area contributed by atoms with Gasteiger partial charge in [-0.1, -0.05) is 42.8 Å². The third-order valence-electron chi connectivity index (χ3n) is 3.62. The standard InChI is InChI=1S/C15H21NO/c1-2-14-10-6-7-11-16(14)15(12-17)13-8-4-3-5-9-13/h2-5,8-9,14-15,17H,1,6-7,10-12H2/t14-,15-/m0/s1. The van der Waals surface area contributed by atoms with E-state index in [0.717, 1.165) is 13.0 Å². The lowest BCUT2D eigenvalue weighted by Gasteiger charge is -2.39. The minimum absolute atomic E-state index is 0.111. The van der Waals surface area contributed by atoms with Crippen LogP contribution in [0, 0.1) is 0 Å². The molecule has 0 unspecified atom stereocenters. The fourth-order valence-electron chi connectivity index (χ4n) is 2.70. The van der Waals surface area contributed by atoms with E-state index in [0.29, 0.717) is 6.04 Å². The summed E-state index contributed by atoms with van der Waals surface area (Å²) in [5, 5.41) is 9.67. The summed E-state index contributed by atoms with van der Waals surface area (Å²) in [6.07, 6.45) is 5.66. The van der Waals surface area contributed by atoms with E-state index >= 15 is 0 Å². The zero-order valence-electron chi connectivity index (χ0n) is 10.3. The predicted molar refractivity (Wildman–Crippen MR) is 70.8 cm³/mol. The van der Waals surface area contributed by atoms with Gasteiger partial charge in [0.25, 0.3) is 0 Å². The first kappa shape index (κ1) is 12.3. The van der Waals surface area contributed by atoms with Crippen LogP contribution in [0.1, 0.15) is 30.9 Å². The molecule has 0 bridgehead atoms. The number of nitrogens with zero attached hydrogens (tertiary/aromatic N) is 1. The van der Waals surface area contributed by atoms with E-state index in [9.17, 15) is 5.11 Å². The topological polar surface area (TPSA) is 23.5 Å². The maximum atomic E-state index is 9.67.